The molecule has 98 valence electrons. The molecule has 20 heavy (non-hydrogen) atoms. The summed E-state index contributed by atoms with van der Waals surface area (Å²) in [5.41, 5.74) is 1.19. The minimum Gasteiger partial charge on any atom is -0.461 e. The predicted octanol–water partition coefficient (Wildman–Crippen LogP) is 2.75. The second-order valence-electron chi connectivity index (χ2n) is 4.29. The van der Waals surface area contributed by atoms with E-state index < -0.39 is 0 Å². The van der Waals surface area contributed by atoms with Gasteiger partial charge in [0, 0.05) is 30.7 Å². The molecule has 0 atom stereocenters. The van der Waals surface area contributed by atoms with Crippen molar-refractivity contribution in [3.05, 3.63) is 54.2 Å². The molecule has 3 rings (SSSR count). The zero-order chi connectivity index (χ0) is 13.8. The second kappa shape index (κ2) is 5.41. The first-order valence-corrected chi connectivity index (χ1v) is 6.29. The second-order valence-corrected chi connectivity index (χ2v) is 4.29. The van der Waals surface area contributed by atoms with Gasteiger partial charge in [0.05, 0.1) is 0 Å². The minimum absolute atomic E-state index is 0.303. The van der Waals surface area contributed by atoms with Gasteiger partial charge in [0.15, 0.2) is 11.5 Å². The SMILES string of the molecule is N#Cc1nccnc1NCCc1cc2ccccc2o1. The maximum Gasteiger partial charge on any atom is 0.182 e. The maximum atomic E-state index is 8.92. The molecule has 2 aromatic heterocycles. The van der Waals surface area contributed by atoms with Crippen molar-refractivity contribution in [3.63, 3.8) is 0 Å². The third kappa shape index (κ3) is 2.45. The van der Waals surface area contributed by atoms with Gasteiger partial charge in [-0.15, -0.1) is 0 Å². The van der Waals surface area contributed by atoms with Gasteiger partial charge in [-0.1, -0.05) is 18.2 Å². The first-order chi connectivity index (χ1) is 9.86. The highest BCUT2D eigenvalue weighted by molar-refractivity contribution is 5.77. The molecule has 0 saturated carbocycles. The number of nitriles is 1. The van der Waals surface area contributed by atoms with E-state index >= 15 is 0 Å². The Labute approximate surface area is 115 Å². The summed E-state index contributed by atoms with van der Waals surface area (Å²) in [7, 11) is 0. The normalized spacial score (nSPS) is 10.3. The van der Waals surface area contributed by atoms with Crippen LogP contribution in [0.25, 0.3) is 11.0 Å². The molecule has 2 heterocycles. The van der Waals surface area contributed by atoms with E-state index in [0.717, 1.165) is 23.2 Å². The van der Waals surface area contributed by atoms with E-state index in [0.29, 0.717) is 18.1 Å². The van der Waals surface area contributed by atoms with Gasteiger partial charge in [-0.3, -0.25) is 0 Å². The quantitative estimate of drug-likeness (QED) is 0.784. The molecule has 1 aromatic carbocycles. The fourth-order valence-electron chi connectivity index (χ4n) is 2.01. The van der Waals surface area contributed by atoms with Crippen LogP contribution in [0.15, 0.2) is 47.1 Å². The standard InChI is InChI=1S/C15H12N4O/c16-10-13-15(19-8-7-17-13)18-6-5-12-9-11-3-1-2-4-14(11)20-12/h1-4,7-9H,5-6H2,(H,18,19). The highest BCUT2D eigenvalue weighted by Gasteiger charge is 2.05. The summed E-state index contributed by atoms with van der Waals surface area (Å²) in [5.74, 6) is 1.41. The molecule has 3 aromatic rings. The lowest BCUT2D eigenvalue weighted by atomic mass is 10.2. The van der Waals surface area contributed by atoms with Crippen molar-refractivity contribution in [1.29, 1.82) is 5.26 Å². The van der Waals surface area contributed by atoms with Crippen LogP contribution in [-0.2, 0) is 6.42 Å². The average Bonchev–Trinajstić information content (AvgIpc) is 2.90. The molecule has 0 fully saturated rings. The lowest BCUT2D eigenvalue weighted by molar-refractivity contribution is 0.553. The smallest absolute Gasteiger partial charge is 0.182 e. The average molecular weight is 264 g/mol. The summed E-state index contributed by atoms with van der Waals surface area (Å²) >= 11 is 0. The summed E-state index contributed by atoms with van der Waals surface area (Å²) in [6.45, 7) is 0.632. The molecule has 5 heteroatoms. The summed E-state index contributed by atoms with van der Waals surface area (Å²) < 4.78 is 5.72. The van der Waals surface area contributed by atoms with Crippen LogP contribution in [0, 0.1) is 11.3 Å². The first-order valence-electron chi connectivity index (χ1n) is 6.29. The highest BCUT2D eigenvalue weighted by Crippen LogP contribution is 2.19. The van der Waals surface area contributed by atoms with Crippen molar-refractivity contribution >= 4 is 16.8 Å². The van der Waals surface area contributed by atoms with Crippen molar-refractivity contribution in [1.82, 2.24) is 9.97 Å². The van der Waals surface area contributed by atoms with Crippen LogP contribution in [0.3, 0.4) is 0 Å². The van der Waals surface area contributed by atoms with Gasteiger partial charge in [-0.25, -0.2) is 9.97 Å². The molecular weight excluding hydrogens is 252 g/mol. The first kappa shape index (κ1) is 12.2. The molecule has 0 bridgehead atoms. The van der Waals surface area contributed by atoms with Gasteiger partial charge >= 0.3 is 0 Å². The molecule has 5 nitrogen and oxygen atoms in total. The van der Waals surface area contributed by atoms with Crippen molar-refractivity contribution in [2.75, 3.05) is 11.9 Å². The van der Waals surface area contributed by atoms with Gasteiger partial charge < -0.3 is 9.73 Å². The van der Waals surface area contributed by atoms with Crippen LogP contribution in [-0.4, -0.2) is 16.5 Å². The molecule has 0 radical (unpaired) electrons. The molecule has 0 unspecified atom stereocenters. The van der Waals surface area contributed by atoms with E-state index in [-0.39, 0.29) is 0 Å². The lowest BCUT2D eigenvalue weighted by Crippen LogP contribution is -2.08. The Hall–Kier alpha value is -2.87. The van der Waals surface area contributed by atoms with E-state index in [2.05, 4.69) is 15.3 Å². The van der Waals surface area contributed by atoms with Gasteiger partial charge in [0.2, 0.25) is 0 Å². The number of hydrogen-bond donors (Lipinski definition) is 1. The number of rotatable bonds is 4. The summed E-state index contributed by atoms with van der Waals surface area (Å²) in [5, 5.41) is 13.1. The number of aromatic nitrogens is 2. The van der Waals surface area contributed by atoms with Crippen LogP contribution in [0.1, 0.15) is 11.5 Å². The van der Waals surface area contributed by atoms with E-state index in [1.165, 1.54) is 6.20 Å². The number of fused-ring (bicyclic) bond motifs is 1. The highest BCUT2D eigenvalue weighted by atomic mass is 16.3. The molecule has 0 spiro atoms. The van der Waals surface area contributed by atoms with Gasteiger partial charge in [0.1, 0.15) is 17.4 Å². The Morgan fingerprint density at radius 1 is 1.20 bits per heavy atom. The van der Waals surface area contributed by atoms with E-state index in [4.69, 9.17) is 9.68 Å². The summed E-state index contributed by atoms with van der Waals surface area (Å²) in [4.78, 5) is 8.04. The number of anilines is 1. The largest absolute Gasteiger partial charge is 0.461 e. The van der Waals surface area contributed by atoms with Crippen molar-refractivity contribution in [2.45, 2.75) is 6.42 Å². The Bertz CT molecular complexity index is 740. The number of hydrogen-bond acceptors (Lipinski definition) is 5. The molecule has 1 N–H and O–H groups in total. The lowest BCUT2D eigenvalue weighted by Gasteiger charge is -2.04. The summed E-state index contributed by atoms with van der Waals surface area (Å²) in [6, 6.07) is 11.9. The maximum absolute atomic E-state index is 8.92. The fraction of sp³-hybridized carbons (Fsp3) is 0.133. The monoisotopic (exact) mass is 264 g/mol. The zero-order valence-corrected chi connectivity index (χ0v) is 10.7. The number of benzene rings is 1. The molecule has 0 saturated heterocycles. The van der Waals surface area contributed by atoms with E-state index in [1.54, 1.807) is 6.20 Å². The molecule has 0 aliphatic rings. The van der Waals surface area contributed by atoms with E-state index in [9.17, 15) is 0 Å². The molecular formula is C15H12N4O. The van der Waals surface area contributed by atoms with Crippen LogP contribution in [0.5, 0.6) is 0 Å². The Morgan fingerprint density at radius 3 is 2.90 bits per heavy atom. The minimum atomic E-state index is 0.303. The number of furan rings is 1. The third-order valence-electron chi connectivity index (χ3n) is 2.94. The topological polar surface area (TPSA) is 74.7 Å². The van der Waals surface area contributed by atoms with Crippen LogP contribution < -0.4 is 5.32 Å². The van der Waals surface area contributed by atoms with Crippen LogP contribution in [0.2, 0.25) is 0 Å². The number of para-hydroxylation sites is 1. The summed E-state index contributed by atoms with van der Waals surface area (Å²) in [6.07, 6.45) is 3.78. The number of nitrogens with zero attached hydrogens (tertiary/aromatic N) is 3. The van der Waals surface area contributed by atoms with Crippen LogP contribution >= 0.6 is 0 Å². The molecule has 0 aliphatic heterocycles. The van der Waals surface area contributed by atoms with Gasteiger partial charge in [-0.2, -0.15) is 5.26 Å². The van der Waals surface area contributed by atoms with Gasteiger partial charge in [-0.05, 0) is 12.1 Å². The van der Waals surface area contributed by atoms with Gasteiger partial charge in [0.25, 0.3) is 0 Å². The Morgan fingerprint density at radius 2 is 2.05 bits per heavy atom. The van der Waals surface area contributed by atoms with Crippen molar-refractivity contribution in [3.8, 4) is 6.07 Å². The predicted molar refractivity (Wildman–Crippen MR) is 75.2 cm³/mol. The van der Waals surface area contributed by atoms with E-state index in [1.807, 2.05) is 36.4 Å². The van der Waals surface area contributed by atoms with Crippen molar-refractivity contribution in [2.24, 2.45) is 0 Å². The molecule has 0 aliphatic carbocycles. The van der Waals surface area contributed by atoms with Crippen LogP contribution in [0.4, 0.5) is 5.82 Å². The number of nitrogens with one attached hydrogen (secondary N) is 1. The Balaban J connectivity index is 1.66. The molecule has 0 amide bonds. The third-order valence-corrected chi connectivity index (χ3v) is 2.94. The zero-order valence-electron chi connectivity index (χ0n) is 10.7. The Kier molecular flexibility index (Phi) is 3.29. The van der Waals surface area contributed by atoms with Crippen molar-refractivity contribution < 1.29 is 4.42 Å². The fourth-order valence-corrected chi connectivity index (χ4v) is 2.01.